The molecule has 2 aromatic carbocycles. The Kier molecular flexibility index (Phi) is 5.66. The minimum atomic E-state index is -3.50. The normalized spacial score (nSPS) is 11.0. The van der Waals surface area contributed by atoms with Crippen LogP contribution >= 0.6 is 0 Å². The van der Waals surface area contributed by atoms with Gasteiger partial charge in [0.05, 0.1) is 12.3 Å². The Morgan fingerprint density at radius 3 is 2.36 bits per heavy atom. The molecule has 0 saturated heterocycles. The van der Waals surface area contributed by atoms with Gasteiger partial charge in [-0.3, -0.25) is 4.72 Å². The van der Waals surface area contributed by atoms with Gasteiger partial charge in [-0.2, -0.15) is 0 Å². The van der Waals surface area contributed by atoms with Gasteiger partial charge in [0.25, 0.3) is 0 Å². The fourth-order valence-corrected chi connectivity index (χ4v) is 2.75. The highest BCUT2D eigenvalue weighted by Crippen LogP contribution is 2.24. The molecule has 0 amide bonds. The molecule has 5 nitrogen and oxygen atoms in total. The zero-order valence-electron chi connectivity index (χ0n) is 12.4. The zero-order valence-corrected chi connectivity index (χ0v) is 13.2. The van der Waals surface area contributed by atoms with Crippen molar-refractivity contribution in [2.24, 2.45) is 0 Å². The molecular formula is C16H19NO4S. The monoisotopic (exact) mass is 321 g/mol. The first-order valence-corrected chi connectivity index (χ1v) is 8.66. The molecule has 0 aliphatic rings. The second-order valence-electron chi connectivity index (χ2n) is 4.51. The van der Waals surface area contributed by atoms with Crippen molar-refractivity contribution in [1.29, 1.82) is 0 Å². The highest BCUT2D eigenvalue weighted by atomic mass is 32.2. The predicted octanol–water partition coefficient (Wildman–Crippen LogP) is 2.91. The predicted molar refractivity (Wildman–Crippen MR) is 87.0 cm³/mol. The fraction of sp³-hybridized carbons (Fsp3) is 0.250. The smallest absolute Gasteiger partial charge is 0.236 e. The van der Waals surface area contributed by atoms with Crippen molar-refractivity contribution in [3.05, 3.63) is 54.6 Å². The van der Waals surface area contributed by atoms with Crippen molar-refractivity contribution in [2.75, 3.05) is 23.7 Å². The summed E-state index contributed by atoms with van der Waals surface area (Å²) in [6, 6.07) is 16.0. The number of para-hydroxylation sites is 3. The van der Waals surface area contributed by atoms with Crippen LogP contribution in [0.3, 0.4) is 0 Å². The van der Waals surface area contributed by atoms with E-state index in [-0.39, 0.29) is 12.4 Å². The van der Waals surface area contributed by atoms with Crippen molar-refractivity contribution in [1.82, 2.24) is 0 Å². The highest BCUT2D eigenvalue weighted by Gasteiger charge is 2.13. The summed E-state index contributed by atoms with van der Waals surface area (Å²) in [6.07, 6.45) is 0. The summed E-state index contributed by atoms with van der Waals surface area (Å²) in [5, 5.41) is 0. The molecular weight excluding hydrogens is 302 g/mol. The van der Waals surface area contributed by atoms with Gasteiger partial charge in [-0.1, -0.05) is 30.3 Å². The molecule has 1 N–H and O–H groups in total. The van der Waals surface area contributed by atoms with E-state index >= 15 is 0 Å². The molecule has 0 spiro atoms. The maximum absolute atomic E-state index is 12.1. The van der Waals surface area contributed by atoms with E-state index in [1.54, 1.807) is 36.4 Å². The van der Waals surface area contributed by atoms with Crippen LogP contribution in [0.5, 0.6) is 11.5 Å². The minimum Gasteiger partial charge on any atom is -0.492 e. The van der Waals surface area contributed by atoms with Crippen LogP contribution in [0.1, 0.15) is 6.92 Å². The quantitative estimate of drug-likeness (QED) is 0.812. The van der Waals surface area contributed by atoms with Gasteiger partial charge < -0.3 is 9.47 Å². The summed E-state index contributed by atoms with van der Waals surface area (Å²) < 4.78 is 37.5. The van der Waals surface area contributed by atoms with E-state index in [0.717, 1.165) is 0 Å². The first-order valence-electron chi connectivity index (χ1n) is 7.01. The molecule has 0 aromatic heterocycles. The molecule has 0 radical (unpaired) electrons. The lowest BCUT2D eigenvalue weighted by molar-refractivity contribution is 0.340. The van der Waals surface area contributed by atoms with Crippen molar-refractivity contribution in [3.8, 4) is 11.5 Å². The topological polar surface area (TPSA) is 64.6 Å². The van der Waals surface area contributed by atoms with Gasteiger partial charge in [0, 0.05) is 0 Å². The lowest BCUT2D eigenvalue weighted by Gasteiger charge is -2.13. The number of sulfonamides is 1. The maximum atomic E-state index is 12.1. The Balaban J connectivity index is 1.94. The Bertz CT molecular complexity index is 686. The largest absolute Gasteiger partial charge is 0.492 e. The van der Waals surface area contributed by atoms with Crippen molar-refractivity contribution >= 4 is 15.7 Å². The van der Waals surface area contributed by atoms with Gasteiger partial charge in [-0.05, 0) is 31.2 Å². The van der Waals surface area contributed by atoms with Crippen LogP contribution in [-0.2, 0) is 10.0 Å². The molecule has 6 heteroatoms. The second kappa shape index (κ2) is 7.70. The third kappa shape index (κ3) is 4.96. The van der Waals surface area contributed by atoms with Crippen LogP contribution in [0.15, 0.2) is 54.6 Å². The molecule has 0 bridgehead atoms. The Hall–Kier alpha value is -2.21. The van der Waals surface area contributed by atoms with Crippen LogP contribution in [0.25, 0.3) is 0 Å². The highest BCUT2D eigenvalue weighted by molar-refractivity contribution is 7.92. The number of hydrogen-bond acceptors (Lipinski definition) is 4. The Morgan fingerprint density at radius 1 is 0.955 bits per heavy atom. The molecule has 0 atom stereocenters. The summed E-state index contributed by atoms with van der Waals surface area (Å²) in [5.41, 5.74) is 0.434. The molecule has 118 valence electrons. The SMILES string of the molecule is CCOc1ccccc1NS(=O)(=O)CCOc1ccccc1. The minimum absolute atomic E-state index is 0.0795. The lowest BCUT2D eigenvalue weighted by atomic mass is 10.3. The van der Waals surface area contributed by atoms with E-state index in [0.29, 0.717) is 23.8 Å². The number of anilines is 1. The van der Waals surface area contributed by atoms with Gasteiger partial charge in [0.1, 0.15) is 23.9 Å². The lowest BCUT2D eigenvalue weighted by Crippen LogP contribution is -2.21. The first-order chi connectivity index (χ1) is 10.6. The average molecular weight is 321 g/mol. The van der Waals surface area contributed by atoms with Crippen molar-refractivity contribution in [2.45, 2.75) is 6.92 Å². The number of benzene rings is 2. The zero-order chi connectivity index (χ0) is 15.8. The average Bonchev–Trinajstić information content (AvgIpc) is 2.50. The molecule has 0 unspecified atom stereocenters. The number of nitrogens with one attached hydrogen (secondary N) is 1. The van der Waals surface area contributed by atoms with Crippen molar-refractivity contribution in [3.63, 3.8) is 0 Å². The molecule has 2 aromatic rings. The Morgan fingerprint density at radius 2 is 1.64 bits per heavy atom. The van der Waals surface area contributed by atoms with E-state index in [1.165, 1.54) is 0 Å². The fourth-order valence-electron chi connectivity index (χ4n) is 1.84. The van der Waals surface area contributed by atoms with E-state index < -0.39 is 10.0 Å². The molecule has 0 heterocycles. The molecule has 0 aliphatic carbocycles. The Labute approximate surface area is 130 Å². The first kappa shape index (κ1) is 16.2. The summed E-state index contributed by atoms with van der Waals surface area (Å²) in [7, 11) is -3.50. The van der Waals surface area contributed by atoms with Crippen LogP contribution in [0, 0.1) is 0 Å². The van der Waals surface area contributed by atoms with E-state index in [2.05, 4.69) is 4.72 Å². The number of hydrogen-bond donors (Lipinski definition) is 1. The molecule has 2 rings (SSSR count). The summed E-state index contributed by atoms with van der Waals surface area (Å²) in [4.78, 5) is 0. The molecule has 0 fully saturated rings. The van der Waals surface area contributed by atoms with Gasteiger partial charge >= 0.3 is 0 Å². The van der Waals surface area contributed by atoms with Crippen LogP contribution in [0.4, 0.5) is 5.69 Å². The van der Waals surface area contributed by atoms with E-state index in [9.17, 15) is 8.42 Å². The van der Waals surface area contributed by atoms with Crippen LogP contribution in [-0.4, -0.2) is 27.4 Å². The van der Waals surface area contributed by atoms with E-state index in [4.69, 9.17) is 9.47 Å². The summed E-state index contributed by atoms with van der Waals surface area (Å²) >= 11 is 0. The van der Waals surface area contributed by atoms with Gasteiger partial charge in [0.2, 0.25) is 10.0 Å². The summed E-state index contributed by atoms with van der Waals surface area (Å²) in [5.74, 6) is 1.02. The third-order valence-corrected chi connectivity index (χ3v) is 4.05. The second-order valence-corrected chi connectivity index (χ2v) is 6.35. The number of ether oxygens (including phenoxy) is 2. The summed E-state index contributed by atoms with van der Waals surface area (Å²) in [6.45, 7) is 2.39. The number of rotatable bonds is 8. The molecule has 0 saturated carbocycles. The van der Waals surface area contributed by atoms with Gasteiger partial charge in [0.15, 0.2) is 0 Å². The maximum Gasteiger partial charge on any atom is 0.236 e. The third-order valence-electron chi connectivity index (χ3n) is 2.82. The molecule has 0 aliphatic heterocycles. The van der Waals surface area contributed by atoms with Gasteiger partial charge in [-0.15, -0.1) is 0 Å². The van der Waals surface area contributed by atoms with E-state index in [1.807, 2.05) is 25.1 Å². The van der Waals surface area contributed by atoms with Crippen LogP contribution in [0.2, 0.25) is 0 Å². The van der Waals surface area contributed by atoms with Crippen LogP contribution < -0.4 is 14.2 Å². The standard InChI is InChI=1S/C16H19NO4S/c1-2-20-16-11-7-6-10-15(16)17-22(18,19)13-12-21-14-8-4-3-5-9-14/h3-11,17H,2,12-13H2,1H3. The van der Waals surface area contributed by atoms with Crippen molar-refractivity contribution < 1.29 is 17.9 Å². The molecule has 22 heavy (non-hydrogen) atoms. The van der Waals surface area contributed by atoms with Gasteiger partial charge in [-0.25, -0.2) is 8.42 Å².